The van der Waals surface area contributed by atoms with E-state index in [-0.39, 0.29) is 17.4 Å². The van der Waals surface area contributed by atoms with Crippen LogP contribution in [0.4, 0.5) is 10.1 Å². The Morgan fingerprint density at radius 1 is 1.41 bits per heavy atom. The van der Waals surface area contributed by atoms with Crippen LogP contribution in [-0.4, -0.2) is 29.2 Å². The molecule has 0 aromatic heterocycles. The number of aromatic carboxylic acids is 1. The second kappa shape index (κ2) is 7.35. The molecule has 1 aliphatic carbocycles. The first-order chi connectivity index (χ1) is 10.5. The van der Waals surface area contributed by atoms with Crippen molar-refractivity contribution in [1.29, 1.82) is 0 Å². The predicted molar refractivity (Wildman–Crippen MR) is 79.4 cm³/mol. The number of carboxylic acids is 1. The second-order valence-electron chi connectivity index (χ2n) is 5.43. The summed E-state index contributed by atoms with van der Waals surface area (Å²) in [6, 6.07) is 3.38. The molecule has 6 heteroatoms. The number of halogens is 1. The topological polar surface area (TPSA) is 75.6 Å². The molecule has 1 unspecified atom stereocenters. The Morgan fingerprint density at radius 2 is 2.09 bits per heavy atom. The van der Waals surface area contributed by atoms with Gasteiger partial charge in [-0.1, -0.05) is 19.8 Å². The van der Waals surface area contributed by atoms with Gasteiger partial charge in [0.15, 0.2) is 0 Å². The number of carbonyl (C=O) groups excluding carboxylic acids is 1. The van der Waals surface area contributed by atoms with Crippen LogP contribution >= 0.6 is 0 Å². The minimum Gasteiger partial charge on any atom is -0.478 e. The van der Waals surface area contributed by atoms with Crippen LogP contribution in [-0.2, 0) is 9.53 Å². The number of ether oxygens (including phenoxy) is 1. The predicted octanol–water partition coefficient (Wildman–Crippen LogP) is 3.20. The number of hydrogen-bond donors (Lipinski definition) is 2. The van der Waals surface area contributed by atoms with E-state index in [1.807, 2.05) is 6.92 Å². The van der Waals surface area contributed by atoms with Crippen LogP contribution in [0.15, 0.2) is 18.2 Å². The largest absolute Gasteiger partial charge is 0.478 e. The van der Waals surface area contributed by atoms with Gasteiger partial charge in [-0.25, -0.2) is 9.18 Å². The number of rotatable bonds is 6. The van der Waals surface area contributed by atoms with Gasteiger partial charge in [-0.3, -0.25) is 4.79 Å². The molecule has 0 heterocycles. The lowest BCUT2D eigenvalue weighted by Crippen LogP contribution is -2.33. The first kappa shape index (κ1) is 16.4. The van der Waals surface area contributed by atoms with Gasteiger partial charge in [0, 0.05) is 0 Å². The summed E-state index contributed by atoms with van der Waals surface area (Å²) in [5.41, 5.74) is -0.201. The SMILES string of the molecule is CCC(OC1CCCC1)C(=O)Nc1ccc(C(=O)O)cc1F. The monoisotopic (exact) mass is 309 g/mol. The molecule has 1 aliphatic rings. The Bertz CT molecular complexity index is 555. The molecule has 0 saturated heterocycles. The van der Waals surface area contributed by atoms with Crippen molar-refractivity contribution in [1.82, 2.24) is 0 Å². The Labute approximate surface area is 128 Å². The van der Waals surface area contributed by atoms with E-state index in [2.05, 4.69) is 5.32 Å². The van der Waals surface area contributed by atoms with Crippen molar-refractivity contribution in [2.24, 2.45) is 0 Å². The Balaban J connectivity index is 2.01. The summed E-state index contributed by atoms with van der Waals surface area (Å²) in [5.74, 6) is -2.40. The first-order valence-electron chi connectivity index (χ1n) is 7.50. The molecule has 0 radical (unpaired) electrons. The fourth-order valence-electron chi connectivity index (χ4n) is 2.56. The molecule has 1 aromatic rings. The highest BCUT2D eigenvalue weighted by Crippen LogP contribution is 2.24. The van der Waals surface area contributed by atoms with Crippen LogP contribution in [0.1, 0.15) is 49.4 Å². The third-order valence-electron chi connectivity index (χ3n) is 3.80. The van der Waals surface area contributed by atoms with Crippen LogP contribution < -0.4 is 5.32 Å². The van der Waals surface area contributed by atoms with Crippen molar-refractivity contribution in [3.8, 4) is 0 Å². The molecule has 120 valence electrons. The molecule has 22 heavy (non-hydrogen) atoms. The van der Waals surface area contributed by atoms with Crippen molar-refractivity contribution in [3.63, 3.8) is 0 Å². The molecule has 1 atom stereocenters. The number of anilines is 1. The third kappa shape index (κ3) is 4.04. The van der Waals surface area contributed by atoms with Gasteiger partial charge in [-0.2, -0.15) is 0 Å². The van der Waals surface area contributed by atoms with Gasteiger partial charge in [0.1, 0.15) is 11.9 Å². The van der Waals surface area contributed by atoms with E-state index in [1.54, 1.807) is 0 Å². The van der Waals surface area contributed by atoms with Crippen LogP contribution in [0.5, 0.6) is 0 Å². The van der Waals surface area contributed by atoms with Crippen molar-refractivity contribution in [3.05, 3.63) is 29.6 Å². The van der Waals surface area contributed by atoms with E-state index in [1.165, 1.54) is 12.1 Å². The van der Waals surface area contributed by atoms with Crippen LogP contribution in [0, 0.1) is 5.82 Å². The van der Waals surface area contributed by atoms with Gasteiger partial charge in [-0.05, 0) is 37.5 Å². The van der Waals surface area contributed by atoms with Crippen LogP contribution in [0.2, 0.25) is 0 Å². The second-order valence-corrected chi connectivity index (χ2v) is 5.43. The Hall–Kier alpha value is -1.95. The van der Waals surface area contributed by atoms with E-state index in [9.17, 15) is 14.0 Å². The van der Waals surface area contributed by atoms with Gasteiger partial charge in [0.2, 0.25) is 0 Å². The number of benzene rings is 1. The molecule has 1 saturated carbocycles. The molecule has 0 aliphatic heterocycles. The lowest BCUT2D eigenvalue weighted by atomic mass is 10.2. The maximum atomic E-state index is 13.8. The maximum absolute atomic E-state index is 13.8. The van der Waals surface area contributed by atoms with Crippen LogP contribution in [0.25, 0.3) is 0 Å². The molecule has 2 N–H and O–H groups in total. The standard InChI is InChI=1S/C16H20FNO4/c1-2-14(22-11-5-3-4-6-11)15(19)18-13-8-7-10(16(20)21)9-12(13)17/h7-9,11,14H,2-6H2,1H3,(H,18,19)(H,20,21). The lowest BCUT2D eigenvalue weighted by Gasteiger charge is -2.20. The van der Waals surface area contributed by atoms with Gasteiger partial charge >= 0.3 is 5.97 Å². The van der Waals surface area contributed by atoms with E-state index >= 15 is 0 Å². The normalized spacial score (nSPS) is 16.5. The molecule has 1 fully saturated rings. The molecular weight excluding hydrogens is 289 g/mol. The molecule has 5 nitrogen and oxygen atoms in total. The summed E-state index contributed by atoms with van der Waals surface area (Å²) in [6.07, 6.45) is 4.08. The zero-order valence-corrected chi connectivity index (χ0v) is 12.5. The Morgan fingerprint density at radius 3 is 2.64 bits per heavy atom. The molecule has 2 rings (SSSR count). The fraction of sp³-hybridized carbons (Fsp3) is 0.500. The Kier molecular flexibility index (Phi) is 5.49. The summed E-state index contributed by atoms with van der Waals surface area (Å²) < 4.78 is 19.6. The summed E-state index contributed by atoms with van der Waals surface area (Å²) in [5, 5.41) is 11.3. The first-order valence-corrected chi connectivity index (χ1v) is 7.50. The quantitative estimate of drug-likeness (QED) is 0.846. The number of nitrogens with one attached hydrogen (secondary N) is 1. The molecule has 1 aromatic carbocycles. The van der Waals surface area contributed by atoms with E-state index in [4.69, 9.17) is 9.84 Å². The molecular formula is C16H20FNO4. The number of hydrogen-bond acceptors (Lipinski definition) is 3. The van der Waals surface area contributed by atoms with Gasteiger partial charge in [0.05, 0.1) is 17.4 Å². The lowest BCUT2D eigenvalue weighted by molar-refractivity contribution is -0.131. The minimum absolute atomic E-state index is 0.0385. The highest BCUT2D eigenvalue weighted by atomic mass is 19.1. The minimum atomic E-state index is -1.22. The fourth-order valence-corrected chi connectivity index (χ4v) is 2.56. The number of carbonyl (C=O) groups is 2. The highest BCUT2D eigenvalue weighted by Gasteiger charge is 2.25. The number of amides is 1. The summed E-state index contributed by atoms with van der Waals surface area (Å²) in [4.78, 5) is 22.9. The summed E-state index contributed by atoms with van der Waals surface area (Å²) in [7, 11) is 0. The third-order valence-corrected chi connectivity index (χ3v) is 3.80. The van der Waals surface area contributed by atoms with Crippen LogP contribution in [0.3, 0.4) is 0 Å². The van der Waals surface area contributed by atoms with E-state index in [0.29, 0.717) is 6.42 Å². The maximum Gasteiger partial charge on any atom is 0.335 e. The van der Waals surface area contributed by atoms with Gasteiger partial charge in [0.25, 0.3) is 5.91 Å². The number of carboxylic acid groups (broad SMARTS) is 1. The van der Waals surface area contributed by atoms with Gasteiger partial charge in [-0.15, -0.1) is 0 Å². The molecule has 1 amide bonds. The van der Waals surface area contributed by atoms with Crippen molar-refractivity contribution in [2.45, 2.75) is 51.2 Å². The smallest absolute Gasteiger partial charge is 0.335 e. The average Bonchev–Trinajstić information content (AvgIpc) is 2.99. The zero-order chi connectivity index (χ0) is 16.1. The summed E-state index contributed by atoms with van der Waals surface area (Å²) in [6.45, 7) is 1.84. The molecule has 0 spiro atoms. The van der Waals surface area contributed by atoms with E-state index < -0.39 is 23.8 Å². The van der Waals surface area contributed by atoms with Crippen molar-refractivity contribution < 1.29 is 23.8 Å². The van der Waals surface area contributed by atoms with Crippen molar-refractivity contribution >= 4 is 17.6 Å². The highest BCUT2D eigenvalue weighted by molar-refractivity contribution is 5.95. The van der Waals surface area contributed by atoms with E-state index in [0.717, 1.165) is 31.7 Å². The van der Waals surface area contributed by atoms with Gasteiger partial charge < -0.3 is 15.2 Å². The zero-order valence-electron chi connectivity index (χ0n) is 12.5. The average molecular weight is 309 g/mol. The van der Waals surface area contributed by atoms with Crippen molar-refractivity contribution in [2.75, 3.05) is 5.32 Å². The molecule has 0 bridgehead atoms. The summed E-state index contributed by atoms with van der Waals surface area (Å²) >= 11 is 0.